The Balaban J connectivity index is 1.71. The van der Waals surface area contributed by atoms with Gasteiger partial charge in [0.25, 0.3) is 0 Å². The summed E-state index contributed by atoms with van der Waals surface area (Å²) in [5.74, 6) is -1.52. The van der Waals surface area contributed by atoms with Gasteiger partial charge in [-0.15, -0.1) is 0 Å². The second-order valence-corrected chi connectivity index (χ2v) is 9.90. The molecule has 1 aliphatic rings. The number of benzene rings is 1. The Hall–Kier alpha value is -3.40. The topological polar surface area (TPSA) is 106 Å². The number of carboxylic acids is 1. The van der Waals surface area contributed by atoms with Gasteiger partial charge in [0.15, 0.2) is 5.13 Å². The molecule has 0 radical (unpaired) electrons. The molecular weight excluding hydrogens is 471 g/mol. The Kier molecular flexibility index (Phi) is 7.39. The first-order chi connectivity index (χ1) is 16.8. The maximum Gasteiger partial charge on any atom is 0.304 e. The predicted octanol–water partition coefficient (Wildman–Crippen LogP) is 5.05. The number of halogens is 1. The average molecular weight is 499 g/mol. The summed E-state index contributed by atoms with van der Waals surface area (Å²) in [5.41, 5.74) is 1.82. The van der Waals surface area contributed by atoms with Crippen molar-refractivity contribution in [1.82, 2.24) is 15.0 Å². The second kappa shape index (κ2) is 10.5. The third-order valence-corrected chi connectivity index (χ3v) is 6.59. The molecule has 1 saturated carbocycles. The molecule has 1 atom stereocenters. The Morgan fingerprint density at radius 3 is 2.49 bits per heavy atom. The first-order valence-corrected chi connectivity index (χ1v) is 12.3. The summed E-state index contributed by atoms with van der Waals surface area (Å²) in [4.78, 5) is 39.5. The van der Waals surface area contributed by atoms with E-state index in [4.69, 9.17) is 4.74 Å². The predicted molar refractivity (Wildman–Crippen MR) is 131 cm³/mol. The lowest BCUT2D eigenvalue weighted by Gasteiger charge is -2.25. The number of carbonyl (C=O) groups is 2. The molecular formula is C25H27FN4O4S. The van der Waals surface area contributed by atoms with Crippen molar-refractivity contribution in [2.45, 2.75) is 45.6 Å². The fourth-order valence-electron chi connectivity index (χ4n) is 4.04. The van der Waals surface area contributed by atoms with E-state index in [1.54, 1.807) is 24.4 Å². The first-order valence-electron chi connectivity index (χ1n) is 11.5. The quantitative estimate of drug-likeness (QED) is 0.417. The molecule has 0 bridgehead atoms. The average Bonchev–Trinajstić information content (AvgIpc) is 3.59. The standard InChI is InChI=1S/C25H27FN4O4S/c1-14(2)10-15(11-21(31)32)24(33)30(16-8-9-16)25-29-22(23(26)35-25)18-7-5-4-6-17(18)19-12-28-20(34-3)13-27-19/h4-7,12-16H,8-11H2,1-3H3,(H,31,32). The lowest BCUT2D eigenvalue weighted by Crippen LogP contribution is -2.39. The number of amides is 1. The fraction of sp³-hybridized carbons (Fsp3) is 0.400. The van der Waals surface area contributed by atoms with Gasteiger partial charge < -0.3 is 9.84 Å². The fourth-order valence-corrected chi connectivity index (χ4v) is 4.93. The van der Waals surface area contributed by atoms with E-state index >= 15 is 4.39 Å². The van der Waals surface area contributed by atoms with Gasteiger partial charge in [-0.25, -0.2) is 15.0 Å². The Labute approximate surface area is 206 Å². The molecule has 2 heterocycles. The van der Waals surface area contributed by atoms with Crippen LogP contribution in [0.5, 0.6) is 5.88 Å². The SMILES string of the molecule is COc1cnc(-c2ccccc2-c2nc(N(C(=O)C(CC(=O)O)CC(C)C)C3CC3)sc2F)cn1. The number of rotatable bonds is 10. The highest BCUT2D eigenvalue weighted by Gasteiger charge is 2.40. The monoisotopic (exact) mass is 498 g/mol. The van der Waals surface area contributed by atoms with Gasteiger partial charge >= 0.3 is 5.97 Å². The van der Waals surface area contributed by atoms with E-state index in [0.717, 1.165) is 24.2 Å². The van der Waals surface area contributed by atoms with Crippen LogP contribution in [0.3, 0.4) is 0 Å². The highest BCUT2D eigenvalue weighted by atomic mass is 32.1. The molecule has 1 aliphatic carbocycles. The molecule has 1 unspecified atom stereocenters. The van der Waals surface area contributed by atoms with Gasteiger partial charge in [-0.05, 0) is 25.2 Å². The van der Waals surface area contributed by atoms with E-state index in [1.807, 2.05) is 19.9 Å². The number of carbonyl (C=O) groups excluding carboxylic acids is 1. The number of carboxylic acid groups (broad SMARTS) is 1. The molecule has 1 N–H and O–H groups in total. The zero-order chi connectivity index (χ0) is 25.1. The number of ether oxygens (including phenoxy) is 1. The van der Waals surface area contributed by atoms with Crippen LogP contribution in [0.1, 0.15) is 39.5 Å². The van der Waals surface area contributed by atoms with Gasteiger partial charge in [-0.2, -0.15) is 4.39 Å². The largest absolute Gasteiger partial charge is 0.481 e. The molecule has 1 fully saturated rings. The zero-order valence-corrected chi connectivity index (χ0v) is 20.6. The Morgan fingerprint density at radius 1 is 1.20 bits per heavy atom. The van der Waals surface area contributed by atoms with Crippen LogP contribution in [0.2, 0.25) is 0 Å². The third kappa shape index (κ3) is 5.64. The van der Waals surface area contributed by atoms with Gasteiger partial charge in [0, 0.05) is 23.1 Å². The molecule has 3 aromatic rings. The second-order valence-electron chi connectivity index (χ2n) is 8.97. The summed E-state index contributed by atoms with van der Waals surface area (Å²) in [6.07, 6.45) is 4.77. The Bertz CT molecular complexity index is 1210. The smallest absolute Gasteiger partial charge is 0.304 e. The molecule has 0 aliphatic heterocycles. The first kappa shape index (κ1) is 24.7. The lowest BCUT2D eigenvalue weighted by molar-refractivity contribution is -0.140. The van der Waals surface area contributed by atoms with Crippen LogP contribution in [0.25, 0.3) is 22.5 Å². The van der Waals surface area contributed by atoms with Gasteiger partial charge in [0.2, 0.25) is 16.9 Å². The summed E-state index contributed by atoms with van der Waals surface area (Å²) < 4.78 is 20.4. The van der Waals surface area contributed by atoms with E-state index in [-0.39, 0.29) is 35.1 Å². The Morgan fingerprint density at radius 2 is 1.91 bits per heavy atom. The zero-order valence-electron chi connectivity index (χ0n) is 19.8. The number of hydrogen-bond donors (Lipinski definition) is 1. The molecule has 0 spiro atoms. The summed E-state index contributed by atoms with van der Waals surface area (Å²) in [6, 6.07) is 7.06. The van der Waals surface area contributed by atoms with Crippen molar-refractivity contribution >= 4 is 28.3 Å². The summed E-state index contributed by atoms with van der Waals surface area (Å²) in [7, 11) is 1.50. The molecule has 1 amide bonds. The highest BCUT2D eigenvalue weighted by Crippen LogP contribution is 2.41. The van der Waals surface area contributed by atoms with Gasteiger partial charge in [0.1, 0.15) is 5.69 Å². The van der Waals surface area contributed by atoms with Gasteiger partial charge in [-0.1, -0.05) is 49.4 Å². The van der Waals surface area contributed by atoms with Crippen LogP contribution in [-0.4, -0.2) is 45.1 Å². The maximum atomic E-state index is 15.3. The van der Waals surface area contributed by atoms with E-state index in [0.29, 0.717) is 29.1 Å². The van der Waals surface area contributed by atoms with Crippen LogP contribution >= 0.6 is 11.3 Å². The van der Waals surface area contributed by atoms with Crippen molar-refractivity contribution in [3.63, 3.8) is 0 Å². The van der Waals surface area contributed by atoms with Crippen molar-refractivity contribution in [1.29, 1.82) is 0 Å². The van der Waals surface area contributed by atoms with Crippen LogP contribution < -0.4 is 9.64 Å². The normalized spacial score (nSPS) is 14.1. The summed E-state index contributed by atoms with van der Waals surface area (Å²) in [5, 5.41) is 9.09. The number of aliphatic carboxylic acids is 1. The van der Waals surface area contributed by atoms with E-state index in [9.17, 15) is 14.7 Å². The van der Waals surface area contributed by atoms with Crippen molar-refractivity contribution in [3.8, 4) is 28.4 Å². The molecule has 10 heteroatoms. The summed E-state index contributed by atoms with van der Waals surface area (Å²) >= 11 is 0.803. The maximum absolute atomic E-state index is 15.3. The number of methoxy groups -OCH3 is 1. The third-order valence-electron chi connectivity index (χ3n) is 5.75. The molecule has 184 valence electrons. The number of aromatic nitrogens is 3. The van der Waals surface area contributed by atoms with Crippen LogP contribution in [-0.2, 0) is 9.59 Å². The number of nitrogens with zero attached hydrogens (tertiary/aromatic N) is 4. The van der Waals surface area contributed by atoms with E-state index in [1.165, 1.54) is 18.2 Å². The molecule has 35 heavy (non-hydrogen) atoms. The molecule has 1 aromatic carbocycles. The van der Waals surface area contributed by atoms with Crippen LogP contribution in [0.4, 0.5) is 9.52 Å². The van der Waals surface area contributed by atoms with Gasteiger partial charge in [-0.3, -0.25) is 14.5 Å². The van der Waals surface area contributed by atoms with Crippen LogP contribution in [0, 0.1) is 17.0 Å². The minimum atomic E-state index is -1.03. The van der Waals surface area contributed by atoms with Crippen molar-refractivity contribution in [3.05, 3.63) is 41.8 Å². The lowest BCUT2D eigenvalue weighted by atomic mass is 9.93. The molecule has 8 nitrogen and oxygen atoms in total. The minimum Gasteiger partial charge on any atom is -0.481 e. The highest BCUT2D eigenvalue weighted by molar-refractivity contribution is 7.14. The van der Waals surface area contributed by atoms with E-state index in [2.05, 4.69) is 15.0 Å². The number of hydrogen-bond acceptors (Lipinski definition) is 7. The van der Waals surface area contributed by atoms with Crippen LogP contribution in [0.15, 0.2) is 36.7 Å². The molecule has 0 saturated heterocycles. The number of thiazole rings is 1. The number of anilines is 1. The van der Waals surface area contributed by atoms with Crippen molar-refractivity contribution < 1.29 is 23.8 Å². The molecule has 2 aromatic heterocycles. The van der Waals surface area contributed by atoms with Gasteiger partial charge in [0.05, 0.1) is 31.6 Å². The summed E-state index contributed by atoms with van der Waals surface area (Å²) in [6.45, 7) is 3.90. The van der Waals surface area contributed by atoms with E-state index < -0.39 is 17.0 Å². The van der Waals surface area contributed by atoms with Crippen molar-refractivity contribution in [2.24, 2.45) is 11.8 Å². The minimum absolute atomic E-state index is 0.0907. The molecule has 4 rings (SSSR count). The van der Waals surface area contributed by atoms with Crippen molar-refractivity contribution in [2.75, 3.05) is 12.0 Å².